The zero-order chi connectivity index (χ0) is 55.0. The number of aryl methyl sites for hydroxylation is 6. The number of hydrogen-bond donors (Lipinski definition) is 0. The molecule has 0 fully saturated rings. The third-order valence-electron chi connectivity index (χ3n) is 16.5. The Labute approximate surface area is 469 Å². The molecular weight excluding hydrogens is 955 g/mol. The lowest BCUT2D eigenvalue weighted by atomic mass is 9.62. The van der Waals surface area contributed by atoms with E-state index >= 15 is 0 Å². The van der Waals surface area contributed by atoms with E-state index in [0.717, 1.165) is 67.9 Å². The van der Waals surface area contributed by atoms with Crippen molar-refractivity contribution in [1.29, 1.82) is 0 Å². The zero-order valence-electron chi connectivity index (χ0n) is 47.1. The first-order valence-corrected chi connectivity index (χ1v) is 27.6. The van der Waals surface area contributed by atoms with Crippen LogP contribution in [0.2, 0.25) is 0 Å². The smallest absolute Gasteiger partial charge is 0.0736 e. The molecule has 0 spiro atoms. The molecule has 0 radical (unpaired) electrons. The summed E-state index contributed by atoms with van der Waals surface area (Å²) in [5.74, 6) is 0. The van der Waals surface area contributed by atoms with Gasteiger partial charge in [0.1, 0.15) is 0 Å². The van der Waals surface area contributed by atoms with Gasteiger partial charge in [0.25, 0.3) is 0 Å². The van der Waals surface area contributed by atoms with E-state index in [1.165, 1.54) is 72.3 Å². The quantitative estimate of drug-likeness (QED) is 0.107. The Morgan fingerprint density at radius 1 is 0.405 bits per heavy atom. The monoisotopic (exact) mass is 1020 g/mol. The van der Waals surface area contributed by atoms with Gasteiger partial charge in [-0.15, -0.1) is 0 Å². The molecule has 79 heavy (non-hydrogen) atoms. The van der Waals surface area contributed by atoms with Crippen LogP contribution < -0.4 is 14.7 Å². The van der Waals surface area contributed by atoms with Crippen molar-refractivity contribution in [1.82, 2.24) is 0 Å². The Balaban J connectivity index is 1.09. The second kappa shape index (κ2) is 21.7. The summed E-state index contributed by atoms with van der Waals surface area (Å²) in [7, 11) is 0. The summed E-state index contributed by atoms with van der Waals surface area (Å²) >= 11 is 0. The number of hydrogen-bond acceptors (Lipinski definition) is 3. The molecule has 1 atom stereocenters. The van der Waals surface area contributed by atoms with Gasteiger partial charge in [0, 0.05) is 39.8 Å². The highest BCUT2D eigenvalue weighted by atomic mass is 15.2. The minimum absolute atomic E-state index is 0.828. The van der Waals surface area contributed by atoms with E-state index in [0.29, 0.717) is 0 Å². The summed E-state index contributed by atoms with van der Waals surface area (Å²) in [6, 6.07) is 82.6. The van der Waals surface area contributed by atoms with Crippen LogP contribution in [0, 0.1) is 55.4 Å². The number of anilines is 8. The first-order chi connectivity index (χ1) is 38.3. The summed E-state index contributed by atoms with van der Waals surface area (Å²) < 4.78 is 0. The van der Waals surface area contributed by atoms with Gasteiger partial charge >= 0.3 is 0 Å². The molecule has 3 nitrogen and oxygen atoms in total. The summed E-state index contributed by atoms with van der Waals surface area (Å²) in [5, 5.41) is 0. The van der Waals surface area contributed by atoms with E-state index in [-0.39, 0.29) is 0 Å². The van der Waals surface area contributed by atoms with Crippen molar-refractivity contribution in [2.24, 2.45) is 0 Å². The van der Waals surface area contributed by atoms with Gasteiger partial charge < -0.3 is 14.7 Å². The van der Waals surface area contributed by atoms with Crippen LogP contribution in [-0.2, 0) is 5.41 Å². The summed E-state index contributed by atoms with van der Waals surface area (Å²) in [4.78, 5) is 7.23. The number of fused-ring (bicyclic) bond motifs is 2. The summed E-state index contributed by atoms with van der Waals surface area (Å²) in [6.07, 6.45) is 6.79. The van der Waals surface area contributed by atoms with Gasteiger partial charge in [-0.1, -0.05) is 169 Å². The van der Waals surface area contributed by atoms with Crippen molar-refractivity contribution in [3.8, 4) is 22.3 Å². The van der Waals surface area contributed by atoms with Gasteiger partial charge in [-0.25, -0.2) is 0 Å². The molecule has 1 aliphatic heterocycles. The SMILES string of the molecule is C=C(/C=C\C(=C/C)N(c1ccc(-c2ccccc2)cc1)c1cc(C)c(C)c(C)c1)C1(c2ccc(N(c3ccc(-c4ccccc4)cc3)c3cc(C)c(C)c(C)c3)cc2)c2ccccc2N(c2ccc(C)cc2)c2ccc(C)cc21. The molecule has 0 aromatic heterocycles. The highest BCUT2D eigenvalue weighted by molar-refractivity contribution is 5.90. The Kier molecular flexibility index (Phi) is 14.2. The van der Waals surface area contributed by atoms with Crippen LogP contribution in [0.1, 0.15) is 68.1 Å². The number of benzene rings is 10. The van der Waals surface area contributed by atoms with Crippen molar-refractivity contribution in [3.05, 3.63) is 322 Å². The largest absolute Gasteiger partial charge is 0.311 e. The average Bonchev–Trinajstić information content (AvgIpc) is 3.27. The molecule has 0 saturated heterocycles. The molecule has 1 heterocycles. The predicted octanol–water partition coefficient (Wildman–Crippen LogP) is 20.9. The van der Waals surface area contributed by atoms with Crippen LogP contribution in [0.5, 0.6) is 0 Å². The maximum absolute atomic E-state index is 5.21. The maximum atomic E-state index is 5.21. The minimum atomic E-state index is -0.828. The molecule has 388 valence electrons. The van der Waals surface area contributed by atoms with Crippen molar-refractivity contribution in [3.63, 3.8) is 0 Å². The fraction of sp³-hybridized carbons (Fsp3) is 0.132. The van der Waals surface area contributed by atoms with Crippen LogP contribution in [0.15, 0.2) is 261 Å². The molecule has 0 saturated carbocycles. The first-order valence-electron chi connectivity index (χ1n) is 27.6. The second-order valence-corrected chi connectivity index (χ2v) is 21.5. The lowest BCUT2D eigenvalue weighted by Crippen LogP contribution is -2.38. The van der Waals surface area contributed by atoms with Gasteiger partial charge in [-0.2, -0.15) is 0 Å². The van der Waals surface area contributed by atoms with Gasteiger partial charge in [0.05, 0.1) is 16.8 Å². The predicted molar refractivity (Wildman–Crippen MR) is 338 cm³/mol. The van der Waals surface area contributed by atoms with Gasteiger partial charge in [-0.05, 0) is 231 Å². The number of nitrogens with zero attached hydrogens (tertiary/aromatic N) is 3. The lowest BCUT2D eigenvalue weighted by molar-refractivity contribution is 0.731. The first kappa shape index (κ1) is 51.9. The highest BCUT2D eigenvalue weighted by Crippen LogP contribution is 2.58. The van der Waals surface area contributed by atoms with Crippen LogP contribution in [-0.4, -0.2) is 0 Å². The molecular formula is C76H69N3. The van der Waals surface area contributed by atoms with Crippen molar-refractivity contribution in [2.45, 2.75) is 67.7 Å². The number of allylic oxidation sites excluding steroid dienone is 4. The molecule has 0 bridgehead atoms. The third kappa shape index (κ3) is 9.72. The van der Waals surface area contributed by atoms with E-state index in [2.05, 4.69) is 320 Å². The van der Waals surface area contributed by atoms with Crippen molar-refractivity contribution in [2.75, 3.05) is 14.7 Å². The van der Waals surface area contributed by atoms with Crippen LogP contribution in [0.25, 0.3) is 22.3 Å². The molecule has 0 N–H and O–H groups in total. The number of para-hydroxylation sites is 1. The van der Waals surface area contributed by atoms with E-state index in [4.69, 9.17) is 6.58 Å². The molecule has 10 aromatic carbocycles. The Morgan fingerprint density at radius 2 is 0.861 bits per heavy atom. The maximum Gasteiger partial charge on any atom is 0.0736 e. The third-order valence-corrected chi connectivity index (χ3v) is 16.5. The fourth-order valence-corrected chi connectivity index (χ4v) is 11.7. The molecule has 0 aliphatic carbocycles. The van der Waals surface area contributed by atoms with Crippen molar-refractivity contribution >= 4 is 45.5 Å². The normalized spacial score (nSPS) is 14.0. The van der Waals surface area contributed by atoms with E-state index in [1.807, 2.05) is 0 Å². The average molecular weight is 1020 g/mol. The molecule has 11 rings (SSSR count). The van der Waals surface area contributed by atoms with E-state index in [9.17, 15) is 0 Å². The molecule has 3 heteroatoms. The second-order valence-electron chi connectivity index (χ2n) is 21.5. The van der Waals surface area contributed by atoms with Gasteiger partial charge in [-0.3, -0.25) is 0 Å². The summed E-state index contributed by atoms with van der Waals surface area (Å²) in [6.45, 7) is 25.0. The molecule has 1 aliphatic rings. The standard InChI is InChI=1S/C76H69N3/c1-11-65(77(70-47-53(4)58(9)54(5)48-70)66-39-30-62(31-40-66)60-20-14-12-15-21-60)38-29-57(8)76(72-24-18-19-25-74(72)79(69-36-26-51(2)27-37-69)75-45-28-52(3)46-73(75)76)64-34-43-68(44-35-64)78(71-49-55(6)59(10)56(7)50-71)67-41-32-63(33-42-67)61-22-16-13-17-23-61/h11-50H,8H2,1-7,9-10H3/b38-29-,65-11+. The van der Waals surface area contributed by atoms with Crippen LogP contribution in [0.4, 0.5) is 45.5 Å². The fourth-order valence-electron chi connectivity index (χ4n) is 11.7. The Hall–Kier alpha value is -9.18. The molecule has 10 aromatic rings. The van der Waals surface area contributed by atoms with E-state index < -0.39 is 5.41 Å². The topological polar surface area (TPSA) is 9.72 Å². The molecule has 0 amide bonds. The van der Waals surface area contributed by atoms with Crippen LogP contribution in [0.3, 0.4) is 0 Å². The Morgan fingerprint density at radius 3 is 1.41 bits per heavy atom. The Bertz CT molecular complexity index is 3880. The summed E-state index contributed by atoms with van der Waals surface area (Å²) in [5.41, 5.74) is 28.2. The highest BCUT2D eigenvalue weighted by Gasteiger charge is 2.46. The minimum Gasteiger partial charge on any atom is -0.311 e. The van der Waals surface area contributed by atoms with Gasteiger partial charge in [0.15, 0.2) is 0 Å². The van der Waals surface area contributed by atoms with Gasteiger partial charge in [0.2, 0.25) is 0 Å². The zero-order valence-corrected chi connectivity index (χ0v) is 47.1. The van der Waals surface area contributed by atoms with Crippen molar-refractivity contribution < 1.29 is 0 Å². The lowest BCUT2D eigenvalue weighted by Gasteiger charge is -2.47. The number of rotatable bonds is 13. The van der Waals surface area contributed by atoms with Crippen LogP contribution >= 0.6 is 0 Å². The van der Waals surface area contributed by atoms with E-state index in [1.54, 1.807) is 0 Å². The molecule has 1 unspecified atom stereocenters.